The number of carbonyl (C=O) groups is 1. The number of amides is 1. The molecule has 1 aliphatic heterocycles. The Morgan fingerprint density at radius 2 is 2.23 bits per heavy atom. The molecule has 1 saturated heterocycles. The molecule has 7 nitrogen and oxygen atoms in total. The zero-order valence-corrected chi connectivity index (χ0v) is 15.2. The third kappa shape index (κ3) is 5.12. The van der Waals surface area contributed by atoms with E-state index in [0.29, 0.717) is 31.4 Å². The van der Waals surface area contributed by atoms with Crippen LogP contribution in [0.5, 0.6) is 0 Å². The molecule has 1 N–H and O–H groups in total. The molecule has 1 unspecified atom stereocenters. The Hall–Kier alpha value is -2.25. The predicted molar refractivity (Wildman–Crippen MR) is 97.2 cm³/mol. The summed E-state index contributed by atoms with van der Waals surface area (Å²) in [6.45, 7) is 3.56. The molecule has 0 aliphatic carbocycles. The number of piperidine rings is 1. The number of carbonyl (C=O) groups excluding carboxylic acids is 1. The summed E-state index contributed by atoms with van der Waals surface area (Å²) < 4.78 is 10.4. The van der Waals surface area contributed by atoms with Crippen molar-refractivity contribution in [2.75, 3.05) is 33.4 Å². The normalized spacial score (nSPS) is 18.0. The zero-order chi connectivity index (χ0) is 18.2. The average Bonchev–Trinajstić information content (AvgIpc) is 3.14. The molecule has 2 aromatic rings. The quantitative estimate of drug-likeness (QED) is 0.728. The van der Waals surface area contributed by atoms with E-state index >= 15 is 0 Å². The first-order chi connectivity index (χ1) is 12.8. The summed E-state index contributed by atoms with van der Waals surface area (Å²) in [5, 5.41) is 7.06. The molecule has 1 aromatic heterocycles. The predicted octanol–water partition coefficient (Wildman–Crippen LogP) is 2.10. The van der Waals surface area contributed by atoms with Crippen molar-refractivity contribution in [3.05, 3.63) is 36.2 Å². The highest BCUT2D eigenvalue weighted by atomic mass is 16.5. The second-order valence-electron chi connectivity index (χ2n) is 6.59. The smallest absolute Gasteiger partial charge is 0.241 e. The summed E-state index contributed by atoms with van der Waals surface area (Å²) in [5.41, 5.74) is 0.939. The van der Waals surface area contributed by atoms with Crippen LogP contribution in [0, 0.1) is 5.92 Å². The number of rotatable bonds is 8. The summed E-state index contributed by atoms with van der Waals surface area (Å²) in [6.07, 6.45) is 2.75. The van der Waals surface area contributed by atoms with E-state index in [1.165, 1.54) is 0 Å². The average molecular weight is 358 g/mol. The second kappa shape index (κ2) is 9.45. The van der Waals surface area contributed by atoms with Gasteiger partial charge in [-0.15, -0.1) is 0 Å². The van der Waals surface area contributed by atoms with E-state index in [9.17, 15) is 4.79 Å². The van der Waals surface area contributed by atoms with E-state index in [-0.39, 0.29) is 11.8 Å². The molecular weight excluding hydrogens is 332 g/mol. The molecule has 0 spiro atoms. The number of hydrogen-bond acceptors (Lipinski definition) is 6. The van der Waals surface area contributed by atoms with Gasteiger partial charge in [-0.25, -0.2) is 0 Å². The second-order valence-corrected chi connectivity index (χ2v) is 6.59. The Kier molecular flexibility index (Phi) is 6.74. The van der Waals surface area contributed by atoms with Gasteiger partial charge in [-0.1, -0.05) is 35.5 Å². The summed E-state index contributed by atoms with van der Waals surface area (Å²) in [7, 11) is 1.67. The summed E-state index contributed by atoms with van der Waals surface area (Å²) in [6, 6.07) is 9.77. The molecule has 0 bridgehead atoms. The lowest BCUT2D eigenvalue weighted by atomic mass is 9.97. The molecule has 2 heterocycles. The van der Waals surface area contributed by atoms with Gasteiger partial charge in [0.05, 0.1) is 12.5 Å². The first-order valence-electron chi connectivity index (χ1n) is 9.13. The van der Waals surface area contributed by atoms with Crippen LogP contribution in [0.15, 0.2) is 34.9 Å². The third-order valence-electron chi connectivity index (χ3n) is 4.56. The fourth-order valence-corrected chi connectivity index (χ4v) is 3.20. The van der Waals surface area contributed by atoms with Crippen molar-refractivity contribution < 1.29 is 14.1 Å². The molecule has 3 rings (SSSR count). The SMILES string of the molecule is COCCCNC(=O)C1CCCN(Cc2nc(-c3ccccc3)no2)C1. The van der Waals surface area contributed by atoms with Gasteiger partial charge in [0.15, 0.2) is 0 Å². The van der Waals surface area contributed by atoms with Gasteiger partial charge in [0.25, 0.3) is 0 Å². The fourth-order valence-electron chi connectivity index (χ4n) is 3.20. The first kappa shape index (κ1) is 18.5. The molecule has 1 fully saturated rings. The Morgan fingerprint density at radius 3 is 3.04 bits per heavy atom. The number of benzene rings is 1. The Morgan fingerprint density at radius 1 is 1.38 bits per heavy atom. The largest absolute Gasteiger partial charge is 0.385 e. The minimum Gasteiger partial charge on any atom is -0.385 e. The minimum atomic E-state index is 0.0165. The van der Waals surface area contributed by atoms with Crippen LogP contribution in [0.4, 0.5) is 0 Å². The lowest BCUT2D eigenvalue weighted by Crippen LogP contribution is -2.43. The van der Waals surface area contributed by atoms with Gasteiger partial charge in [0.1, 0.15) is 0 Å². The van der Waals surface area contributed by atoms with E-state index in [1.807, 2.05) is 30.3 Å². The van der Waals surface area contributed by atoms with E-state index in [2.05, 4.69) is 20.4 Å². The minimum absolute atomic E-state index is 0.0165. The maximum absolute atomic E-state index is 12.3. The maximum atomic E-state index is 12.3. The highest BCUT2D eigenvalue weighted by molar-refractivity contribution is 5.78. The standard InChI is InChI=1S/C19H26N4O3/c1-25-12-6-10-20-19(24)16-9-5-11-23(13-16)14-17-21-18(22-26-17)15-7-3-2-4-8-15/h2-4,7-8,16H,5-6,9-14H2,1H3,(H,20,24). The molecule has 1 atom stereocenters. The van der Waals surface area contributed by atoms with Crippen LogP contribution < -0.4 is 5.32 Å². The number of nitrogens with one attached hydrogen (secondary N) is 1. The molecule has 26 heavy (non-hydrogen) atoms. The molecular formula is C19H26N4O3. The van der Waals surface area contributed by atoms with E-state index in [0.717, 1.165) is 37.9 Å². The molecule has 7 heteroatoms. The van der Waals surface area contributed by atoms with Crippen LogP contribution in [-0.4, -0.2) is 54.3 Å². The number of nitrogens with zero attached hydrogens (tertiary/aromatic N) is 3. The van der Waals surface area contributed by atoms with Crippen molar-refractivity contribution in [1.29, 1.82) is 0 Å². The van der Waals surface area contributed by atoms with Crippen LogP contribution in [0.25, 0.3) is 11.4 Å². The van der Waals surface area contributed by atoms with Gasteiger partial charge in [0.2, 0.25) is 17.6 Å². The van der Waals surface area contributed by atoms with Crippen LogP contribution in [0.3, 0.4) is 0 Å². The molecule has 140 valence electrons. The number of likely N-dealkylation sites (tertiary alicyclic amines) is 1. The summed E-state index contributed by atoms with van der Waals surface area (Å²) >= 11 is 0. The van der Waals surface area contributed by atoms with Crippen molar-refractivity contribution >= 4 is 5.91 Å². The van der Waals surface area contributed by atoms with Gasteiger partial charge in [-0.2, -0.15) is 4.98 Å². The topological polar surface area (TPSA) is 80.5 Å². The van der Waals surface area contributed by atoms with Crippen LogP contribution in [-0.2, 0) is 16.1 Å². The molecule has 1 amide bonds. The van der Waals surface area contributed by atoms with E-state index in [4.69, 9.17) is 9.26 Å². The van der Waals surface area contributed by atoms with Gasteiger partial charge >= 0.3 is 0 Å². The Balaban J connectivity index is 1.51. The van der Waals surface area contributed by atoms with Crippen molar-refractivity contribution in [1.82, 2.24) is 20.4 Å². The van der Waals surface area contributed by atoms with Crippen molar-refractivity contribution in [2.45, 2.75) is 25.8 Å². The van der Waals surface area contributed by atoms with Crippen molar-refractivity contribution in [2.24, 2.45) is 5.92 Å². The van der Waals surface area contributed by atoms with Gasteiger partial charge in [-0.3, -0.25) is 9.69 Å². The highest BCUT2D eigenvalue weighted by Gasteiger charge is 2.26. The van der Waals surface area contributed by atoms with Gasteiger partial charge in [-0.05, 0) is 25.8 Å². The fraction of sp³-hybridized carbons (Fsp3) is 0.526. The lowest BCUT2D eigenvalue weighted by Gasteiger charge is -2.30. The number of hydrogen-bond donors (Lipinski definition) is 1. The number of methoxy groups -OCH3 is 1. The first-order valence-corrected chi connectivity index (χ1v) is 9.13. The van der Waals surface area contributed by atoms with E-state index < -0.39 is 0 Å². The van der Waals surface area contributed by atoms with Crippen LogP contribution in [0.1, 0.15) is 25.2 Å². The lowest BCUT2D eigenvalue weighted by molar-refractivity contribution is -0.126. The van der Waals surface area contributed by atoms with Crippen LogP contribution >= 0.6 is 0 Å². The molecule has 1 aromatic carbocycles. The molecule has 0 radical (unpaired) electrons. The van der Waals surface area contributed by atoms with E-state index in [1.54, 1.807) is 7.11 Å². The molecule has 0 saturated carbocycles. The van der Waals surface area contributed by atoms with Crippen molar-refractivity contribution in [3.63, 3.8) is 0 Å². The number of ether oxygens (including phenoxy) is 1. The maximum Gasteiger partial charge on any atom is 0.241 e. The number of aromatic nitrogens is 2. The summed E-state index contributed by atoms with van der Waals surface area (Å²) in [4.78, 5) is 19.0. The van der Waals surface area contributed by atoms with Crippen molar-refractivity contribution in [3.8, 4) is 11.4 Å². The molecule has 1 aliphatic rings. The van der Waals surface area contributed by atoms with Gasteiger partial charge in [0, 0.05) is 32.4 Å². The Bertz CT molecular complexity index is 689. The monoisotopic (exact) mass is 358 g/mol. The van der Waals surface area contributed by atoms with Gasteiger partial charge < -0.3 is 14.6 Å². The van der Waals surface area contributed by atoms with Crippen LogP contribution in [0.2, 0.25) is 0 Å². The third-order valence-corrected chi connectivity index (χ3v) is 4.56. The highest BCUT2D eigenvalue weighted by Crippen LogP contribution is 2.20. The summed E-state index contributed by atoms with van der Waals surface area (Å²) in [5.74, 6) is 1.33. The zero-order valence-electron chi connectivity index (χ0n) is 15.2. The Labute approximate surface area is 153 Å².